The van der Waals surface area contributed by atoms with Crippen LogP contribution in [0.5, 0.6) is 0 Å². The summed E-state index contributed by atoms with van der Waals surface area (Å²) >= 11 is 0. The lowest BCUT2D eigenvalue weighted by molar-refractivity contribution is -0.116. The summed E-state index contributed by atoms with van der Waals surface area (Å²) in [5, 5.41) is 2.75. The summed E-state index contributed by atoms with van der Waals surface area (Å²) in [6.07, 6.45) is 8.98. The lowest BCUT2D eigenvalue weighted by Gasteiger charge is -2.10. The van der Waals surface area contributed by atoms with Crippen LogP contribution in [0.15, 0.2) is 48.1 Å². The highest BCUT2D eigenvalue weighted by molar-refractivity contribution is 5.89. The first kappa shape index (κ1) is 9.52. The Labute approximate surface area is 78.3 Å². The molecule has 0 aromatic carbocycles. The van der Waals surface area contributed by atoms with E-state index in [0.717, 1.165) is 11.1 Å². The third-order valence-corrected chi connectivity index (χ3v) is 1.88. The van der Waals surface area contributed by atoms with Crippen molar-refractivity contribution in [2.24, 2.45) is 0 Å². The maximum Gasteiger partial charge on any atom is 0.244 e. The zero-order valence-electron chi connectivity index (χ0n) is 7.71. The highest BCUT2D eigenvalue weighted by Gasteiger charge is 2.05. The fraction of sp³-hybridized carbons (Fsp3) is 0.182. The molecule has 0 fully saturated rings. The molecule has 0 saturated heterocycles. The van der Waals surface area contributed by atoms with Gasteiger partial charge >= 0.3 is 0 Å². The molecular weight excluding hydrogens is 162 g/mol. The van der Waals surface area contributed by atoms with Crippen LogP contribution in [-0.2, 0) is 4.79 Å². The van der Waals surface area contributed by atoms with Gasteiger partial charge in [0.2, 0.25) is 5.91 Å². The predicted octanol–water partition coefficient (Wildman–Crippen LogP) is 1.73. The summed E-state index contributed by atoms with van der Waals surface area (Å²) in [6.45, 7) is 6.22. The van der Waals surface area contributed by atoms with Crippen LogP contribution in [0.2, 0.25) is 0 Å². The van der Waals surface area contributed by atoms with Gasteiger partial charge in [-0.2, -0.15) is 0 Å². The van der Waals surface area contributed by atoms with Crippen molar-refractivity contribution in [3.8, 4) is 0 Å². The van der Waals surface area contributed by atoms with Crippen LogP contribution < -0.4 is 5.32 Å². The molecule has 0 aromatic heterocycles. The van der Waals surface area contributed by atoms with Crippen molar-refractivity contribution in [2.45, 2.75) is 6.92 Å². The number of rotatable bonds is 2. The minimum Gasteiger partial charge on any atom is -0.348 e. The monoisotopic (exact) mass is 175 g/mol. The minimum absolute atomic E-state index is 0.0238. The van der Waals surface area contributed by atoms with Crippen molar-refractivity contribution in [3.05, 3.63) is 48.1 Å². The number of hydrogen-bond acceptors (Lipinski definition) is 1. The van der Waals surface area contributed by atoms with Crippen LogP contribution in [0.3, 0.4) is 0 Å². The average molecular weight is 175 g/mol. The Balaban J connectivity index is 2.80. The molecule has 1 aliphatic heterocycles. The van der Waals surface area contributed by atoms with Gasteiger partial charge in [-0.3, -0.25) is 4.79 Å². The van der Waals surface area contributed by atoms with Gasteiger partial charge in [-0.05, 0) is 18.1 Å². The van der Waals surface area contributed by atoms with E-state index in [2.05, 4.69) is 11.9 Å². The van der Waals surface area contributed by atoms with Crippen LogP contribution in [0, 0.1) is 0 Å². The van der Waals surface area contributed by atoms with Gasteiger partial charge in [-0.25, -0.2) is 0 Å². The third-order valence-electron chi connectivity index (χ3n) is 1.88. The topological polar surface area (TPSA) is 29.1 Å². The summed E-state index contributed by atoms with van der Waals surface area (Å²) in [4.78, 5) is 10.8. The summed E-state index contributed by atoms with van der Waals surface area (Å²) in [5.41, 5.74) is 2.29. The zero-order valence-corrected chi connectivity index (χ0v) is 7.71. The second-order valence-electron chi connectivity index (χ2n) is 2.85. The van der Waals surface area contributed by atoms with Crippen LogP contribution in [0.4, 0.5) is 0 Å². The van der Waals surface area contributed by atoms with Crippen LogP contribution in [-0.4, -0.2) is 12.5 Å². The molecule has 0 aromatic rings. The molecule has 0 saturated carbocycles. The molecule has 0 radical (unpaired) electrons. The van der Waals surface area contributed by atoms with E-state index in [1.807, 2.05) is 25.2 Å². The van der Waals surface area contributed by atoms with E-state index in [4.69, 9.17) is 0 Å². The van der Waals surface area contributed by atoms with Gasteiger partial charge in [0, 0.05) is 12.6 Å². The SMILES string of the molecule is C=C/C=C\C(C)=C1\C=CC(=O)NC1. The molecule has 13 heavy (non-hydrogen) atoms. The van der Waals surface area contributed by atoms with Gasteiger partial charge in [0.1, 0.15) is 0 Å². The van der Waals surface area contributed by atoms with Gasteiger partial charge < -0.3 is 5.32 Å². The van der Waals surface area contributed by atoms with E-state index in [9.17, 15) is 4.79 Å². The molecule has 1 amide bonds. The molecule has 1 N–H and O–H groups in total. The van der Waals surface area contributed by atoms with E-state index in [1.165, 1.54) is 0 Å². The lowest BCUT2D eigenvalue weighted by atomic mass is 10.1. The molecule has 1 heterocycles. The van der Waals surface area contributed by atoms with Gasteiger partial charge in [0.25, 0.3) is 0 Å². The minimum atomic E-state index is -0.0238. The number of nitrogens with one attached hydrogen (secondary N) is 1. The molecule has 0 bridgehead atoms. The molecule has 0 unspecified atom stereocenters. The van der Waals surface area contributed by atoms with Crippen LogP contribution in [0.25, 0.3) is 0 Å². The molecular formula is C11H13NO. The number of amides is 1. The highest BCUT2D eigenvalue weighted by atomic mass is 16.1. The number of allylic oxidation sites excluding steroid dienone is 4. The maximum atomic E-state index is 10.8. The van der Waals surface area contributed by atoms with Crippen molar-refractivity contribution >= 4 is 5.91 Å². The fourth-order valence-electron chi connectivity index (χ4n) is 1.07. The number of hydrogen-bond donors (Lipinski definition) is 1. The van der Waals surface area contributed by atoms with E-state index in [1.54, 1.807) is 12.2 Å². The Morgan fingerprint density at radius 1 is 1.62 bits per heavy atom. The van der Waals surface area contributed by atoms with Crippen LogP contribution >= 0.6 is 0 Å². The summed E-state index contributed by atoms with van der Waals surface area (Å²) in [5.74, 6) is -0.0238. The molecule has 2 heteroatoms. The molecule has 2 nitrogen and oxygen atoms in total. The van der Waals surface area contributed by atoms with E-state index >= 15 is 0 Å². The molecule has 0 aliphatic carbocycles. The first-order chi connectivity index (χ1) is 6.24. The second-order valence-corrected chi connectivity index (χ2v) is 2.85. The molecule has 68 valence electrons. The number of carbonyl (C=O) groups excluding carboxylic acids is 1. The molecule has 1 aliphatic rings. The standard InChI is InChI=1S/C11H13NO/c1-3-4-5-9(2)10-6-7-11(13)12-8-10/h3-7H,1,8H2,2H3,(H,12,13)/b5-4-,10-9-. The number of carbonyl (C=O) groups is 1. The molecule has 1 rings (SSSR count). The highest BCUT2D eigenvalue weighted by Crippen LogP contribution is 2.09. The Bertz CT molecular complexity index is 308. The van der Waals surface area contributed by atoms with Gasteiger partial charge in [-0.1, -0.05) is 30.9 Å². The van der Waals surface area contributed by atoms with Gasteiger partial charge in [-0.15, -0.1) is 0 Å². The van der Waals surface area contributed by atoms with Crippen molar-refractivity contribution in [2.75, 3.05) is 6.54 Å². The van der Waals surface area contributed by atoms with Gasteiger partial charge in [0.15, 0.2) is 0 Å². The Kier molecular flexibility index (Phi) is 3.26. The molecule has 0 spiro atoms. The van der Waals surface area contributed by atoms with E-state index < -0.39 is 0 Å². The van der Waals surface area contributed by atoms with Crippen molar-refractivity contribution in [1.82, 2.24) is 5.32 Å². The van der Waals surface area contributed by atoms with Crippen molar-refractivity contribution in [3.63, 3.8) is 0 Å². The third kappa shape index (κ3) is 2.75. The van der Waals surface area contributed by atoms with Crippen molar-refractivity contribution in [1.29, 1.82) is 0 Å². The second kappa shape index (κ2) is 4.45. The first-order valence-corrected chi connectivity index (χ1v) is 4.19. The average Bonchev–Trinajstić information content (AvgIpc) is 2.15. The largest absolute Gasteiger partial charge is 0.348 e. The van der Waals surface area contributed by atoms with Crippen molar-refractivity contribution < 1.29 is 4.79 Å². The first-order valence-electron chi connectivity index (χ1n) is 4.19. The predicted molar refractivity (Wildman–Crippen MR) is 54.2 cm³/mol. The van der Waals surface area contributed by atoms with Crippen LogP contribution in [0.1, 0.15) is 6.92 Å². The molecule has 0 atom stereocenters. The van der Waals surface area contributed by atoms with E-state index in [-0.39, 0.29) is 5.91 Å². The van der Waals surface area contributed by atoms with Gasteiger partial charge in [0.05, 0.1) is 0 Å². The summed E-state index contributed by atoms with van der Waals surface area (Å²) in [7, 11) is 0. The summed E-state index contributed by atoms with van der Waals surface area (Å²) in [6, 6.07) is 0. The zero-order chi connectivity index (χ0) is 9.68. The fourth-order valence-corrected chi connectivity index (χ4v) is 1.07. The lowest BCUT2D eigenvalue weighted by Crippen LogP contribution is -2.26. The summed E-state index contributed by atoms with van der Waals surface area (Å²) < 4.78 is 0. The smallest absolute Gasteiger partial charge is 0.244 e. The Morgan fingerprint density at radius 3 is 2.92 bits per heavy atom. The Hall–Kier alpha value is -1.57. The quantitative estimate of drug-likeness (QED) is 0.636. The Morgan fingerprint density at radius 2 is 2.38 bits per heavy atom. The van der Waals surface area contributed by atoms with E-state index in [0.29, 0.717) is 6.54 Å². The maximum absolute atomic E-state index is 10.8. The normalized spacial score (nSPS) is 20.2.